The van der Waals surface area contributed by atoms with Crippen LogP contribution in [0, 0.1) is 0 Å². The van der Waals surface area contributed by atoms with Gasteiger partial charge in [-0.3, -0.25) is 0 Å². The van der Waals surface area contributed by atoms with E-state index < -0.39 is 9.84 Å². The average molecular weight is 257 g/mol. The van der Waals surface area contributed by atoms with Crippen molar-refractivity contribution in [1.82, 2.24) is 0 Å². The van der Waals surface area contributed by atoms with Gasteiger partial charge in [0.2, 0.25) is 0 Å². The Hall–Kier alpha value is -1.07. The number of methoxy groups -OCH3 is 1. The molecule has 96 valence electrons. The fraction of sp³-hybridized carbons (Fsp3) is 0.500. The standard InChI is InChI=1S/C12H19NO3S/c1-4-10(9-16-2)13-11-7-5-6-8-12(11)17(3,14)15/h5-8,10,13H,4,9H2,1-3H3. The van der Waals surface area contributed by atoms with Crippen LogP contribution >= 0.6 is 0 Å². The Balaban J connectivity index is 2.98. The van der Waals surface area contributed by atoms with E-state index >= 15 is 0 Å². The van der Waals surface area contributed by atoms with E-state index in [1.807, 2.05) is 13.0 Å². The second-order valence-corrected chi connectivity index (χ2v) is 5.96. The molecular weight excluding hydrogens is 238 g/mol. The van der Waals surface area contributed by atoms with Crippen molar-refractivity contribution >= 4 is 15.5 Å². The van der Waals surface area contributed by atoms with Crippen molar-refractivity contribution in [2.75, 3.05) is 25.3 Å². The zero-order valence-corrected chi connectivity index (χ0v) is 11.3. The van der Waals surface area contributed by atoms with E-state index in [4.69, 9.17) is 4.74 Å². The van der Waals surface area contributed by atoms with Gasteiger partial charge in [0, 0.05) is 19.4 Å². The maximum atomic E-state index is 11.6. The van der Waals surface area contributed by atoms with E-state index in [0.29, 0.717) is 17.2 Å². The Morgan fingerprint density at radius 1 is 1.35 bits per heavy atom. The van der Waals surface area contributed by atoms with Crippen LogP contribution in [0.15, 0.2) is 29.2 Å². The van der Waals surface area contributed by atoms with Gasteiger partial charge in [0.15, 0.2) is 9.84 Å². The van der Waals surface area contributed by atoms with Gasteiger partial charge in [0.25, 0.3) is 0 Å². The lowest BCUT2D eigenvalue weighted by Gasteiger charge is -2.19. The van der Waals surface area contributed by atoms with E-state index in [-0.39, 0.29) is 6.04 Å². The number of hydrogen-bond donors (Lipinski definition) is 1. The van der Waals surface area contributed by atoms with Crippen molar-refractivity contribution in [1.29, 1.82) is 0 Å². The highest BCUT2D eigenvalue weighted by atomic mass is 32.2. The number of sulfone groups is 1. The normalized spacial score (nSPS) is 13.4. The predicted octanol–water partition coefficient (Wildman–Crippen LogP) is 1.93. The molecule has 0 aliphatic carbocycles. The van der Waals surface area contributed by atoms with Gasteiger partial charge in [-0.25, -0.2) is 8.42 Å². The minimum atomic E-state index is -3.21. The van der Waals surface area contributed by atoms with Crippen LogP contribution in [0.25, 0.3) is 0 Å². The second-order valence-electron chi connectivity index (χ2n) is 3.97. The molecule has 4 nitrogen and oxygen atoms in total. The molecule has 1 aromatic carbocycles. The summed E-state index contributed by atoms with van der Waals surface area (Å²) in [6, 6.07) is 7.03. The van der Waals surface area contributed by atoms with Gasteiger partial charge in [-0.15, -0.1) is 0 Å². The molecule has 0 saturated heterocycles. The zero-order valence-electron chi connectivity index (χ0n) is 10.4. The van der Waals surface area contributed by atoms with E-state index in [9.17, 15) is 8.42 Å². The second kappa shape index (κ2) is 6.02. The monoisotopic (exact) mass is 257 g/mol. The molecule has 0 bridgehead atoms. The minimum Gasteiger partial charge on any atom is -0.383 e. The van der Waals surface area contributed by atoms with Crippen LogP contribution < -0.4 is 5.32 Å². The molecule has 1 aromatic rings. The zero-order chi connectivity index (χ0) is 12.9. The lowest BCUT2D eigenvalue weighted by molar-refractivity contribution is 0.184. The van der Waals surface area contributed by atoms with Crippen LogP contribution in [-0.2, 0) is 14.6 Å². The highest BCUT2D eigenvalue weighted by molar-refractivity contribution is 7.90. The quantitative estimate of drug-likeness (QED) is 0.846. The fourth-order valence-electron chi connectivity index (χ4n) is 1.59. The summed E-state index contributed by atoms with van der Waals surface area (Å²) < 4.78 is 28.3. The minimum absolute atomic E-state index is 0.114. The molecule has 0 saturated carbocycles. The first-order valence-electron chi connectivity index (χ1n) is 5.53. The number of nitrogens with one attached hydrogen (secondary N) is 1. The first-order chi connectivity index (χ1) is 7.99. The third-order valence-electron chi connectivity index (χ3n) is 2.51. The lowest BCUT2D eigenvalue weighted by Crippen LogP contribution is -2.24. The van der Waals surface area contributed by atoms with E-state index in [2.05, 4.69) is 5.32 Å². The first-order valence-corrected chi connectivity index (χ1v) is 7.42. The van der Waals surface area contributed by atoms with Gasteiger partial charge in [0.1, 0.15) is 0 Å². The number of rotatable bonds is 6. The fourth-order valence-corrected chi connectivity index (χ4v) is 2.44. The van der Waals surface area contributed by atoms with Crippen molar-refractivity contribution in [2.45, 2.75) is 24.3 Å². The number of para-hydroxylation sites is 1. The number of hydrogen-bond acceptors (Lipinski definition) is 4. The molecule has 0 heterocycles. The first kappa shape index (κ1) is 14.0. The molecular formula is C12H19NO3S. The Bertz CT molecular complexity index is 457. The van der Waals surface area contributed by atoms with Gasteiger partial charge in [-0.1, -0.05) is 19.1 Å². The molecule has 0 aliphatic rings. The summed E-state index contributed by atoms with van der Waals surface area (Å²) in [6.45, 7) is 2.58. The summed E-state index contributed by atoms with van der Waals surface area (Å²) in [4.78, 5) is 0.328. The topological polar surface area (TPSA) is 55.4 Å². The maximum absolute atomic E-state index is 11.6. The van der Waals surface area contributed by atoms with Gasteiger partial charge < -0.3 is 10.1 Å². The van der Waals surface area contributed by atoms with Gasteiger partial charge in [-0.2, -0.15) is 0 Å². The highest BCUT2D eigenvalue weighted by Crippen LogP contribution is 2.21. The van der Waals surface area contributed by atoms with Crippen LogP contribution in [0.5, 0.6) is 0 Å². The Morgan fingerprint density at radius 2 is 2.00 bits per heavy atom. The van der Waals surface area contributed by atoms with Gasteiger partial charge in [-0.05, 0) is 18.6 Å². The number of benzene rings is 1. The van der Waals surface area contributed by atoms with Crippen LogP contribution in [0.4, 0.5) is 5.69 Å². The van der Waals surface area contributed by atoms with Gasteiger partial charge >= 0.3 is 0 Å². The molecule has 1 unspecified atom stereocenters. The number of anilines is 1. The van der Waals surface area contributed by atoms with E-state index in [1.54, 1.807) is 25.3 Å². The molecule has 0 fully saturated rings. The Morgan fingerprint density at radius 3 is 2.53 bits per heavy atom. The van der Waals surface area contributed by atoms with Crippen molar-refractivity contribution in [3.8, 4) is 0 Å². The molecule has 0 radical (unpaired) electrons. The molecule has 0 amide bonds. The molecule has 0 spiro atoms. The SMILES string of the molecule is CCC(COC)Nc1ccccc1S(C)(=O)=O. The number of ether oxygens (including phenoxy) is 1. The van der Waals surface area contributed by atoms with Crippen molar-refractivity contribution in [3.63, 3.8) is 0 Å². The average Bonchev–Trinajstić information content (AvgIpc) is 2.27. The third-order valence-corrected chi connectivity index (χ3v) is 3.66. The Kier molecular flexibility index (Phi) is 4.96. The predicted molar refractivity (Wildman–Crippen MR) is 69.1 cm³/mol. The summed E-state index contributed by atoms with van der Waals surface area (Å²) in [7, 11) is -1.57. The molecule has 1 N–H and O–H groups in total. The highest BCUT2D eigenvalue weighted by Gasteiger charge is 2.14. The summed E-state index contributed by atoms with van der Waals surface area (Å²) in [5.41, 5.74) is 0.638. The molecule has 17 heavy (non-hydrogen) atoms. The van der Waals surface area contributed by atoms with Crippen molar-refractivity contribution < 1.29 is 13.2 Å². The van der Waals surface area contributed by atoms with E-state index in [0.717, 1.165) is 6.42 Å². The van der Waals surface area contributed by atoms with Crippen LogP contribution in [0.2, 0.25) is 0 Å². The smallest absolute Gasteiger partial charge is 0.177 e. The maximum Gasteiger partial charge on any atom is 0.177 e. The summed E-state index contributed by atoms with van der Waals surface area (Å²) in [5, 5.41) is 3.20. The van der Waals surface area contributed by atoms with Gasteiger partial charge in [0.05, 0.1) is 17.2 Å². The molecule has 0 aliphatic heterocycles. The molecule has 0 aromatic heterocycles. The molecule has 1 atom stereocenters. The third kappa shape index (κ3) is 4.02. The summed E-state index contributed by atoms with van der Waals surface area (Å²) in [6.07, 6.45) is 2.08. The summed E-state index contributed by atoms with van der Waals surface area (Å²) >= 11 is 0. The largest absolute Gasteiger partial charge is 0.383 e. The van der Waals surface area contributed by atoms with Crippen LogP contribution in [-0.4, -0.2) is 34.4 Å². The lowest BCUT2D eigenvalue weighted by atomic mass is 10.2. The van der Waals surface area contributed by atoms with Crippen molar-refractivity contribution in [2.24, 2.45) is 0 Å². The van der Waals surface area contributed by atoms with E-state index in [1.165, 1.54) is 6.26 Å². The van der Waals surface area contributed by atoms with Crippen LogP contribution in [0.3, 0.4) is 0 Å². The Labute approximate surface area is 103 Å². The van der Waals surface area contributed by atoms with Crippen LogP contribution in [0.1, 0.15) is 13.3 Å². The van der Waals surface area contributed by atoms with Crippen molar-refractivity contribution in [3.05, 3.63) is 24.3 Å². The molecule has 5 heteroatoms. The summed E-state index contributed by atoms with van der Waals surface area (Å²) in [5.74, 6) is 0. The molecule has 1 rings (SSSR count).